The number of rotatable bonds is 5. The zero-order valence-electron chi connectivity index (χ0n) is 9.78. The fraction of sp³-hybridized carbons (Fsp3) is 0.462. The Balaban J connectivity index is 2.64. The van der Waals surface area contributed by atoms with E-state index in [1.165, 1.54) is 5.56 Å². The molecule has 1 unspecified atom stereocenters. The van der Waals surface area contributed by atoms with Gasteiger partial charge in [-0.25, -0.2) is 0 Å². The highest BCUT2D eigenvalue weighted by Crippen LogP contribution is 2.18. The molecule has 0 aliphatic rings. The lowest BCUT2D eigenvalue weighted by Crippen LogP contribution is -2.27. The van der Waals surface area contributed by atoms with Crippen LogP contribution in [0.2, 0.25) is 0 Å². The van der Waals surface area contributed by atoms with Crippen LogP contribution >= 0.6 is 15.9 Å². The van der Waals surface area contributed by atoms with E-state index < -0.39 is 0 Å². The SMILES string of the molecule is CCN(Cc1ccccc1Br)CC(C)C#N. The predicted octanol–water partition coefficient (Wildman–Crippen LogP) is 3.43. The van der Waals surface area contributed by atoms with Gasteiger partial charge in [-0.2, -0.15) is 5.26 Å². The van der Waals surface area contributed by atoms with Crippen molar-refractivity contribution in [1.82, 2.24) is 4.90 Å². The summed E-state index contributed by atoms with van der Waals surface area (Å²) in [5, 5.41) is 8.81. The Morgan fingerprint density at radius 2 is 2.12 bits per heavy atom. The molecular weight excluding hydrogens is 264 g/mol. The highest BCUT2D eigenvalue weighted by Gasteiger charge is 2.09. The van der Waals surface area contributed by atoms with Gasteiger partial charge in [0.25, 0.3) is 0 Å². The quantitative estimate of drug-likeness (QED) is 0.826. The highest BCUT2D eigenvalue weighted by molar-refractivity contribution is 9.10. The van der Waals surface area contributed by atoms with E-state index >= 15 is 0 Å². The first-order valence-electron chi connectivity index (χ1n) is 5.52. The zero-order valence-corrected chi connectivity index (χ0v) is 11.4. The number of halogens is 1. The molecule has 0 saturated heterocycles. The lowest BCUT2D eigenvalue weighted by molar-refractivity contribution is 0.260. The summed E-state index contributed by atoms with van der Waals surface area (Å²) in [6, 6.07) is 10.5. The van der Waals surface area contributed by atoms with Crippen molar-refractivity contribution in [2.45, 2.75) is 20.4 Å². The number of benzene rings is 1. The van der Waals surface area contributed by atoms with E-state index in [2.05, 4.69) is 46.0 Å². The Morgan fingerprint density at radius 1 is 1.44 bits per heavy atom. The lowest BCUT2D eigenvalue weighted by atomic mass is 10.1. The summed E-state index contributed by atoms with van der Waals surface area (Å²) < 4.78 is 1.14. The number of nitriles is 1. The van der Waals surface area contributed by atoms with Crippen LogP contribution in [0.4, 0.5) is 0 Å². The molecule has 1 rings (SSSR count). The third-order valence-electron chi connectivity index (χ3n) is 2.55. The molecule has 0 aliphatic heterocycles. The second-order valence-electron chi connectivity index (χ2n) is 3.95. The third kappa shape index (κ3) is 3.96. The van der Waals surface area contributed by atoms with Crippen LogP contribution in [-0.4, -0.2) is 18.0 Å². The molecule has 1 aromatic rings. The average Bonchev–Trinajstić information content (AvgIpc) is 2.30. The Hall–Kier alpha value is -0.850. The van der Waals surface area contributed by atoms with Crippen molar-refractivity contribution in [3.63, 3.8) is 0 Å². The summed E-state index contributed by atoms with van der Waals surface area (Å²) in [4.78, 5) is 2.29. The van der Waals surface area contributed by atoms with E-state index in [1.54, 1.807) is 0 Å². The van der Waals surface area contributed by atoms with Crippen LogP contribution in [0.15, 0.2) is 28.7 Å². The van der Waals surface area contributed by atoms with Gasteiger partial charge in [-0.15, -0.1) is 0 Å². The molecule has 1 aromatic carbocycles. The van der Waals surface area contributed by atoms with Crippen molar-refractivity contribution in [3.05, 3.63) is 34.3 Å². The third-order valence-corrected chi connectivity index (χ3v) is 3.33. The van der Waals surface area contributed by atoms with Crippen molar-refractivity contribution in [1.29, 1.82) is 5.26 Å². The van der Waals surface area contributed by atoms with Crippen LogP contribution in [0.5, 0.6) is 0 Å². The van der Waals surface area contributed by atoms with Gasteiger partial charge in [-0.1, -0.05) is 41.1 Å². The summed E-state index contributed by atoms with van der Waals surface area (Å²) in [5.74, 6) is 0.0856. The number of nitrogens with zero attached hydrogens (tertiary/aromatic N) is 2. The first-order valence-corrected chi connectivity index (χ1v) is 6.32. The average molecular weight is 281 g/mol. The van der Waals surface area contributed by atoms with Crippen molar-refractivity contribution >= 4 is 15.9 Å². The van der Waals surface area contributed by atoms with Gasteiger partial charge < -0.3 is 0 Å². The molecule has 0 saturated carbocycles. The minimum atomic E-state index is 0.0856. The fourth-order valence-electron chi connectivity index (χ4n) is 1.60. The predicted molar refractivity (Wildman–Crippen MR) is 69.9 cm³/mol. The molecule has 86 valence electrons. The van der Waals surface area contributed by atoms with E-state index in [-0.39, 0.29) is 5.92 Å². The number of hydrogen-bond donors (Lipinski definition) is 0. The molecule has 0 aliphatic carbocycles. The van der Waals surface area contributed by atoms with Gasteiger partial charge in [0.05, 0.1) is 12.0 Å². The molecular formula is C13H17BrN2. The normalized spacial score (nSPS) is 12.4. The molecule has 0 aromatic heterocycles. The number of hydrogen-bond acceptors (Lipinski definition) is 2. The van der Waals surface area contributed by atoms with Crippen LogP contribution in [0.25, 0.3) is 0 Å². The largest absolute Gasteiger partial charge is 0.298 e. The summed E-state index contributed by atoms with van der Waals surface area (Å²) in [6.45, 7) is 6.77. The van der Waals surface area contributed by atoms with E-state index in [1.807, 2.05) is 19.1 Å². The second kappa shape index (κ2) is 6.67. The standard InChI is InChI=1S/C13H17BrN2/c1-3-16(9-11(2)8-15)10-12-6-4-5-7-13(12)14/h4-7,11H,3,9-10H2,1-2H3. The van der Waals surface area contributed by atoms with Gasteiger partial charge in [-0.05, 0) is 25.1 Å². The Bertz CT molecular complexity index is 370. The smallest absolute Gasteiger partial charge is 0.0666 e. The second-order valence-corrected chi connectivity index (χ2v) is 4.80. The van der Waals surface area contributed by atoms with Crippen molar-refractivity contribution < 1.29 is 0 Å². The molecule has 0 fully saturated rings. The molecule has 0 amide bonds. The summed E-state index contributed by atoms with van der Waals surface area (Å²) in [5.41, 5.74) is 1.27. The van der Waals surface area contributed by atoms with Gasteiger partial charge in [0, 0.05) is 17.6 Å². The Kier molecular flexibility index (Phi) is 5.51. The summed E-state index contributed by atoms with van der Waals surface area (Å²) in [6.07, 6.45) is 0. The van der Waals surface area contributed by atoms with Crippen LogP contribution in [0.1, 0.15) is 19.4 Å². The van der Waals surface area contributed by atoms with Crippen LogP contribution < -0.4 is 0 Å². The minimum Gasteiger partial charge on any atom is -0.298 e. The van der Waals surface area contributed by atoms with Crippen LogP contribution in [0, 0.1) is 17.2 Å². The molecule has 1 atom stereocenters. The first kappa shape index (κ1) is 13.2. The molecule has 2 nitrogen and oxygen atoms in total. The monoisotopic (exact) mass is 280 g/mol. The van der Waals surface area contributed by atoms with E-state index in [4.69, 9.17) is 5.26 Å². The molecule has 0 radical (unpaired) electrons. The molecule has 0 spiro atoms. The van der Waals surface area contributed by atoms with Gasteiger partial charge in [0.2, 0.25) is 0 Å². The maximum Gasteiger partial charge on any atom is 0.0666 e. The Labute approximate surface area is 106 Å². The fourth-order valence-corrected chi connectivity index (χ4v) is 2.01. The maximum absolute atomic E-state index is 8.81. The molecule has 0 heterocycles. The summed E-state index contributed by atoms with van der Waals surface area (Å²) >= 11 is 3.55. The van der Waals surface area contributed by atoms with Crippen molar-refractivity contribution in [3.8, 4) is 6.07 Å². The molecule has 0 bridgehead atoms. The van der Waals surface area contributed by atoms with Gasteiger partial charge in [-0.3, -0.25) is 4.90 Å². The van der Waals surface area contributed by atoms with Crippen molar-refractivity contribution in [2.24, 2.45) is 5.92 Å². The van der Waals surface area contributed by atoms with Gasteiger partial charge in [0.15, 0.2) is 0 Å². The van der Waals surface area contributed by atoms with Crippen LogP contribution in [-0.2, 0) is 6.54 Å². The first-order chi connectivity index (χ1) is 7.67. The van der Waals surface area contributed by atoms with Crippen molar-refractivity contribution in [2.75, 3.05) is 13.1 Å². The van der Waals surface area contributed by atoms with E-state index in [9.17, 15) is 0 Å². The Morgan fingerprint density at radius 3 is 2.69 bits per heavy atom. The molecule has 3 heteroatoms. The van der Waals surface area contributed by atoms with E-state index in [0.717, 1.165) is 24.1 Å². The topological polar surface area (TPSA) is 27.0 Å². The lowest BCUT2D eigenvalue weighted by Gasteiger charge is -2.22. The van der Waals surface area contributed by atoms with Crippen LogP contribution in [0.3, 0.4) is 0 Å². The minimum absolute atomic E-state index is 0.0856. The molecule has 16 heavy (non-hydrogen) atoms. The van der Waals surface area contributed by atoms with Gasteiger partial charge >= 0.3 is 0 Å². The highest BCUT2D eigenvalue weighted by atomic mass is 79.9. The molecule has 0 N–H and O–H groups in total. The zero-order chi connectivity index (χ0) is 12.0. The summed E-state index contributed by atoms with van der Waals surface area (Å²) in [7, 11) is 0. The maximum atomic E-state index is 8.81. The van der Waals surface area contributed by atoms with E-state index in [0.29, 0.717) is 0 Å². The van der Waals surface area contributed by atoms with Gasteiger partial charge in [0.1, 0.15) is 0 Å².